The van der Waals surface area contributed by atoms with Crippen LogP contribution >= 0.6 is 11.6 Å². The third-order valence-corrected chi connectivity index (χ3v) is 5.86. The number of sulfonamides is 1. The maximum absolute atomic E-state index is 11.3. The molecule has 5 nitrogen and oxygen atoms in total. The second-order valence-corrected chi connectivity index (χ2v) is 9.14. The Morgan fingerprint density at radius 3 is 2.30 bits per heavy atom. The number of ether oxygens (including phenoxy) is 1. The minimum atomic E-state index is -3.66. The molecule has 3 aromatic carbocycles. The van der Waals surface area contributed by atoms with Crippen molar-refractivity contribution in [1.82, 2.24) is 5.32 Å². The molecule has 0 spiro atoms. The first-order valence-corrected chi connectivity index (χ1v) is 11.5. The molecule has 3 aromatic rings. The summed E-state index contributed by atoms with van der Waals surface area (Å²) in [5, 5.41) is 9.17. The maximum atomic E-state index is 11.3. The monoisotopic (exact) mass is 444 g/mol. The maximum Gasteiger partial charge on any atom is 0.238 e. The predicted octanol–water partition coefficient (Wildman–Crippen LogP) is 4.21. The smallest absolute Gasteiger partial charge is 0.238 e. The van der Waals surface area contributed by atoms with Crippen molar-refractivity contribution >= 4 is 21.6 Å². The van der Waals surface area contributed by atoms with E-state index >= 15 is 0 Å². The van der Waals surface area contributed by atoms with E-state index in [2.05, 4.69) is 36.5 Å². The molecule has 0 radical (unpaired) electrons. The highest BCUT2D eigenvalue weighted by molar-refractivity contribution is 7.89. The predicted molar refractivity (Wildman–Crippen MR) is 120 cm³/mol. The Morgan fingerprint density at radius 1 is 0.967 bits per heavy atom. The Labute approximate surface area is 182 Å². The fraction of sp³-hybridized carbons (Fsp3) is 0.217. The zero-order valence-corrected chi connectivity index (χ0v) is 18.3. The summed E-state index contributed by atoms with van der Waals surface area (Å²) in [5.74, 6) is 0.796. The van der Waals surface area contributed by atoms with Gasteiger partial charge in [-0.3, -0.25) is 0 Å². The van der Waals surface area contributed by atoms with Gasteiger partial charge in [-0.1, -0.05) is 53.6 Å². The summed E-state index contributed by atoms with van der Waals surface area (Å²) < 4.78 is 28.7. The summed E-state index contributed by atoms with van der Waals surface area (Å²) in [4.78, 5) is 0.119. The molecule has 0 unspecified atom stereocenters. The van der Waals surface area contributed by atoms with E-state index in [-0.39, 0.29) is 4.90 Å². The molecule has 158 valence electrons. The average Bonchev–Trinajstić information content (AvgIpc) is 2.71. The lowest BCUT2D eigenvalue weighted by Gasteiger charge is -2.13. The van der Waals surface area contributed by atoms with Gasteiger partial charge in [0.15, 0.2) is 0 Å². The number of nitrogens with one attached hydrogen (secondary N) is 1. The van der Waals surface area contributed by atoms with Crippen LogP contribution in [0, 0.1) is 6.92 Å². The lowest BCUT2D eigenvalue weighted by molar-refractivity contribution is 0.302. The number of benzene rings is 3. The van der Waals surface area contributed by atoms with E-state index in [0.29, 0.717) is 18.2 Å². The number of hydrogen-bond acceptors (Lipinski definition) is 4. The summed E-state index contributed by atoms with van der Waals surface area (Å²) in [6.45, 7) is 3.88. The first kappa shape index (κ1) is 22.3. The first-order valence-electron chi connectivity index (χ1n) is 9.60. The van der Waals surface area contributed by atoms with Gasteiger partial charge in [0.05, 0.1) is 4.90 Å². The quantitative estimate of drug-likeness (QED) is 0.484. The fourth-order valence-corrected chi connectivity index (χ4v) is 3.68. The Morgan fingerprint density at radius 2 is 1.63 bits per heavy atom. The van der Waals surface area contributed by atoms with Gasteiger partial charge in [0.25, 0.3) is 0 Å². The van der Waals surface area contributed by atoms with Crippen molar-refractivity contribution in [2.24, 2.45) is 5.14 Å². The van der Waals surface area contributed by atoms with Crippen molar-refractivity contribution in [2.75, 3.05) is 6.54 Å². The molecule has 0 heterocycles. The van der Waals surface area contributed by atoms with E-state index in [9.17, 15) is 8.42 Å². The Hall–Kier alpha value is -2.38. The van der Waals surface area contributed by atoms with Crippen LogP contribution in [0.1, 0.15) is 22.3 Å². The van der Waals surface area contributed by atoms with Crippen molar-refractivity contribution in [3.8, 4) is 5.75 Å². The van der Waals surface area contributed by atoms with E-state index in [1.165, 1.54) is 17.7 Å². The fourth-order valence-electron chi connectivity index (χ4n) is 2.97. The normalized spacial score (nSPS) is 11.4. The number of nitrogens with two attached hydrogens (primary N) is 1. The standard InChI is InChI=1S/C23H25ClN2O3S/c1-17-2-4-19(5-3-17)16-29-23-11-8-21(24)14-20(23)15-26-13-12-18-6-9-22(10-7-18)30(25,27)28/h2-11,14,26H,12-13,15-16H2,1H3,(H2,25,27,28). The summed E-state index contributed by atoms with van der Waals surface area (Å²) in [6, 6.07) is 20.5. The number of rotatable bonds is 9. The minimum Gasteiger partial charge on any atom is -0.489 e. The Balaban J connectivity index is 1.54. The largest absolute Gasteiger partial charge is 0.489 e. The van der Waals surface area contributed by atoms with Crippen LogP contribution in [0.4, 0.5) is 0 Å². The van der Waals surface area contributed by atoms with Crippen molar-refractivity contribution in [3.63, 3.8) is 0 Å². The number of aryl methyl sites for hydroxylation is 1. The summed E-state index contributed by atoms with van der Waals surface area (Å²) >= 11 is 6.17. The highest BCUT2D eigenvalue weighted by Gasteiger charge is 2.08. The van der Waals surface area contributed by atoms with Gasteiger partial charge in [0.2, 0.25) is 10.0 Å². The molecular weight excluding hydrogens is 420 g/mol. The van der Waals surface area contributed by atoms with Gasteiger partial charge in [-0.05, 0) is 61.3 Å². The van der Waals surface area contributed by atoms with Gasteiger partial charge in [-0.25, -0.2) is 13.6 Å². The Kier molecular flexibility index (Phi) is 7.50. The zero-order valence-electron chi connectivity index (χ0n) is 16.8. The molecule has 0 aliphatic rings. The second kappa shape index (κ2) is 10.1. The SMILES string of the molecule is Cc1ccc(COc2ccc(Cl)cc2CNCCc2ccc(S(N)(=O)=O)cc2)cc1. The van der Waals surface area contributed by atoms with Crippen LogP contribution in [0.3, 0.4) is 0 Å². The molecule has 3 N–H and O–H groups in total. The summed E-state index contributed by atoms with van der Waals surface area (Å²) in [7, 11) is -3.66. The molecule has 0 aliphatic heterocycles. The van der Waals surface area contributed by atoms with Crippen LogP contribution in [-0.4, -0.2) is 15.0 Å². The van der Waals surface area contributed by atoms with Gasteiger partial charge >= 0.3 is 0 Å². The number of hydrogen-bond donors (Lipinski definition) is 2. The third kappa shape index (κ3) is 6.57. The third-order valence-electron chi connectivity index (χ3n) is 4.70. The molecule has 0 fully saturated rings. The minimum absolute atomic E-state index is 0.119. The average molecular weight is 445 g/mol. The van der Waals surface area contributed by atoms with E-state index in [0.717, 1.165) is 35.4 Å². The van der Waals surface area contributed by atoms with Crippen LogP contribution in [0.25, 0.3) is 0 Å². The zero-order chi connectivity index (χ0) is 21.6. The lowest BCUT2D eigenvalue weighted by atomic mass is 10.1. The van der Waals surface area contributed by atoms with Gasteiger partial charge < -0.3 is 10.1 Å². The van der Waals surface area contributed by atoms with E-state index < -0.39 is 10.0 Å². The molecule has 7 heteroatoms. The molecule has 0 amide bonds. The molecule has 0 saturated heterocycles. The molecule has 0 bridgehead atoms. The molecule has 0 aromatic heterocycles. The topological polar surface area (TPSA) is 81.4 Å². The molecule has 0 saturated carbocycles. The van der Waals surface area contributed by atoms with Crippen LogP contribution in [0.15, 0.2) is 71.6 Å². The van der Waals surface area contributed by atoms with E-state index in [4.69, 9.17) is 21.5 Å². The van der Waals surface area contributed by atoms with Crippen LogP contribution in [0.2, 0.25) is 5.02 Å². The Bertz CT molecular complexity index is 1080. The van der Waals surface area contributed by atoms with Gasteiger partial charge in [-0.2, -0.15) is 0 Å². The molecule has 0 atom stereocenters. The van der Waals surface area contributed by atoms with Gasteiger partial charge in [-0.15, -0.1) is 0 Å². The second-order valence-electron chi connectivity index (χ2n) is 7.14. The van der Waals surface area contributed by atoms with Gasteiger partial charge in [0.1, 0.15) is 12.4 Å². The number of halogens is 1. The molecule has 3 rings (SSSR count). The summed E-state index contributed by atoms with van der Waals surface area (Å²) in [5.41, 5.74) is 4.34. The van der Waals surface area contributed by atoms with Crippen LogP contribution in [-0.2, 0) is 29.6 Å². The van der Waals surface area contributed by atoms with E-state index in [1.54, 1.807) is 12.1 Å². The van der Waals surface area contributed by atoms with Gasteiger partial charge in [0, 0.05) is 17.1 Å². The molecular formula is C23H25ClN2O3S. The number of primary sulfonamides is 1. The lowest BCUT2D eigenvalue weighted by Crippen LogP contribution is -2.17. The molecule has 30 heavy (non-hydrogen) atoms. The molecule has 0 aliphatic carbocycles. The van der Waals surface area contributed by atoms with Crippen molar-refractivity contribution < 1.29 is 13.2 Å². The van der Waals surface area contributed by atoms with Crippen LogP contribution in [0.5, 0.6) is 5.75 Å². The van der Waals surface area contributed by atoms with Crippen molar-refractivity contribution in [2.45, 2.75) is 31.4 Å². The highest BCUT2D eigenvalue weighted by Crippen LogP contribution is 2.24. The van der Waals surface area contributed by atoms with Crippen LogP contribution < -0.4 is 15.2 Å². The highest BCUT2D eigenvalue weighted by atomic mass is 35.5. The first-order chi connectivity index (χ1) is 14.3. The summed E-state index contributed by atoms with van der Waals surface area (Å²) in [6.07, 6.45) is 0.755. The van der Waals surface area contributed by atoms with Crippen molar-refractivity contribution in [3.05, 3.63) is 94.0 Å². The van der Waals surface area contributed by atoms with Crippen molar-refractivity contribution in [1.29, 1.82) is 0 Å². The van der Waals surface area contributed by atoms with E-state index in [1.807, 2.05) is 18.2 Å².